The van der Waals surface area contributed by atoms with Crippen LogP contribution in [0.25, 0.3) is 32.1 Å². The second-order valence-electron chi connectivity index (χ2n) is 17.8. The fourth-order valence-electron chi connectivity index (χ4n) is 6.95. The van der Waals surface area contributed by atoms with Crippen LogP contribution < -0.4 is 19.9 Å². The summed E-state index contributed by atoms with van der Waals surface area (Å²) in [6.45, 7) is 14.5. The first-order valence-corrected chi connectivity index (χ1v) is 22.2. The summed E-state index contributed by atoms with van der Waals surface area (Å²) in [7, 11) is -2.15. The highest BCUT2D eigenvalue weighted by atomic mass is 32.2. The standard InChI is InChI=1S/C43H43F6N7O8S2/c1-19(20-13-12-14-51-33(20)56(38(58)63-41(5,6)7)39(59)64-42(8,9)10)55-15-16-61-31-26-30(52-36(66(11)60)53-34(26)55)29(46)25(27(31)43(47,48)49)21-17-23(44)28(45)32-24(21)22(18-50)35(65-32)54-37(57)62-40(2,3)4/h12-14,17,19H,15-16H2,1-11H3,(H,54,57)/t19-,66?/m1/s1. The number of carbonyl (C=O) groups excluding carboxylic acids is 3. The Morgan fingerprint density at radius 1 is 0.955 bits per heavy atom. The molecule has 0 fully saturated rings. The smallest absolute Gasteiger partial charge is 0.425 e. The van der Waals surface area contributed by atoms with E-state index in [1.807, 2.05) is 0 Å². The zero-order chi connectivity index (χ0) is 49.2. The third kappa shape index (κ3) is 9.79. The molecule has 2 atom stereocenters. The van der Waals surface area contributed by atoms with E-state index in [2.05, 4.69) is 20.3 Å². The number of alkyl halides is 3. The number of aromatic nitrogens is 3. The molecule has 6 rings (SSSR count). The van der Waals surface area contributed by atoms with Crippen LogP contribution in [-0.4, -0.2) is 73.7 Å². The van der Waals surface area contributed by atoms with Crippen LogP contribution in [0.3, 0.4) is 0 Å². The highest BCUT2D eigenvalue weighted by Crippen LogP contribution is 2.54. The second-order valence-corrected chi connectivity index (χ2v) is 20.1. The lowest BCUT2D eigenvalue weighted by molar-refractivity contribution is -0.138. The van der Waals surface area contributed by atoms with Crippen LogP contribution in [0, 0.1) is 28.8 Å². The van der Waals surface area contributed by atoms with Crippen LogP contribution >= 0.6 is 11.3 Å². The van der Waals surface area contributed by atoms with Crippen molar-refractivity contribution in [3.8, 4) is 22.9 Å². The number of rotatable bonds is 6. The van der Waals surface area contributed by atoms with Crippen molar-refractivity contribution in [2.24, 2.45) is 0 Å². The fourth-order valence-corrected chi connectivity index (χ4v) is 8.48. The van der Waals surface area contributed by atoms with Crippen LogP contribution in [0.1, 0.15) is 92.0 Å². The normalized spacial score (nSPS) is 14.2. The van der Waals surface area contributed by atoms with Gasteiger partial charge in [-0.15, -0.1) is 11.3 Å². The number of thiophene rings is 1. The first kappa shape index (κ1) is 49.2. The van der Waals surface area contributed by atoms with E-state index in [4.69, 9.17) is 18.9 Å². The van der Waals surface area contributed by atoms with Gasteiger partial charge >= 0.3 is 24.5 Å². The number of nitrogens with one attached hydrogen (secondary N) is 1. The first-order chi connectivity index (χ1) is 30.4. The number of imide groups is 1. The number of hydrogen-bond acceptors (Lipinski definition) is 14. The Hall–Kier alpha value is -6.28. The summed E-state index contributed by atoms with van der Waals surface area (Å²) in [5.41, 5.74) is -8.96. The molecule has 1 unspecified atom stereocenters. The molecule has 15 nitrogen and oxygen atoms in total. The van der Waals surface area contributed by atoms with E-state index in [0.29, 0.717) is 16.2 Å². The average molecular weight is 964 g/mol. The molecule has 3 amide bonds. The Labute approximate surface area is 380 Å². The molecule has 1 N–H and O–H groups in total. The van der Waals surface area contributed by atoms with E-state index in [9.17, 15) is 23.9 Å². The summed E-state index contributed by atoms with van der Waals surface area (Å²) < 4.78 is 131. The van der Waals surface area contributed by atoms with Crippen LogP contribution in [0.15, 0.2) is 29.6 Å². The summed E-state index contributed by atoms with van der Waals surface area (Å²) in [5.74, 6) is -6.93. The molecular formula is C43H43F6N7O8S2. The van der Waals surface area contributed by atoms with Crippen molar-refractivity contribution in [1.82, 2.24) is 15.0 Å². The molecule has 23 heteroatoms. The molecule has 4 heterocycles. The fraction of sp³-hybridized carbons (Fsp3) is 0.419. The van der Waals surface area contributed by atoms with E-state index in [1.165, 1.54) is 50.9 Å². The predicted octanol–water partition coefficient (Wildman–Crippen LogP) is 10.9. The lowest BCUT2D eigenvalue weighted by atomic mass is 9.91. The monoisotopic (exact) mass is 963 g/mol. The number of pyridine rings is 1. The van der Waals surface area contributed by atoms with Crippen molar-refractivity contribution in [2.75, 3.05) is 34.5 Å². The van der Waals surface area contributed by atoms with E-state index >= 15 is 26.3 Å². The lowest BCUT2D eigenvalue weighted by Crippen LogP contribution is -2.45. The van der Waals surface area contributed by atoms with E-state index in [1.54, 1.807) is 47.6 Å². The number of fused-ring (bicyclic) bond motifs is 1. The van der Waals surface area contributed by atoms with Crippen molar-refractivity contribution in [3.63, 3.8) is 0 Å². The van der Waals surface area contributed by atoms with Crippen molar-refractivity contribution >= 4 is 78.0 Å². The van der Waals surface area contributed by atoms with Gasteiger partial charge < -0.3 is 23.8 Å². The van der Waals surface area contributed by atoms with E-state index in [0.717, 1.165) is 6.26 Å². The molecule has 66 heavy (non-hydrogen) atoms. The molecule has 352 valence electrons. The number of nitrogens with zero attached hydrogens (tertiary/aromatic N) is 6. The molecule has 0 spiro atoms. The van der Waals surface area contributed by atoms with Gasteiger partial charge in [0, 0.05) is 29.0 Å². The van der Waals surface area contributed by atoms with Gasteiger partial charge in [0.15, 0.2) is 23.3 Å². The number of amides is 3. The van der Waals surface area contributed by atoms with Crippen LogP contribution in [0.4, 0.5) is 57.4 Å². The predicted molar refractivity (Wildman–Crippen MR) is 233 cm³/mol. The minimum Gasteiger partial charge on any atom is -0.490 e. The Kier molecular flexibility index (Phi) is 13.0. The Balaban J connectivity index is 1.66. The van der Waals surface area contributed by atoms with Gasteiger partial charge in [-0.2, -0.15) is 23.3 Å². The molecule has 0 bridgehead atoms. The highest BCUT2D eigenvalue weighted by Gasteiger charge is 2.45. The Morgan fingerprint density at radius 3 is 2.11 bits per heavy atom. The third-order valence-corrected chi connectivity index (χ3v) is 11.1. The molecule has 0 saturated carbocycles. The second kappa shape index (κ2) is 17.5. The van der Waals surface area contributed by atoms with Gasteiger partial charge in [0.05, 0.1) is 39.0 Å². The van der Waals surface area contributed by atoms with Crippen LogP contribution in [-0.2, 0) is 31.2 Å². The zero-order valence-corrected chi connectivity index (χ0v) is 39.0. The van der Waals surface area contributed by atoms with Gasteiger partial charge in [-0.1, -0.05) is 6.07 Å². The van der Waals surface area contributed by atoms with Gasteiger partial charge in [-0.05, 0) is 86.9 Å². The number of hydrogen-bond donors (Lipinski definition) is 1. The van der Waals surface area contributed by atoms with E-state index < -0.39 is 147 Å². The molecule has 0 saturated heterocycles. The molecule has 1 aliphatic heterocycles. The number of ether oxygens (including phenoxy) is 4. The van der Waals surface area contributed by atoms with Gasteiger partial charge in [-0.25, -0.2) is 42.5 Å². The number of benzene rings is 2. The topological polar surface area (TPSA) is 186 Å². The quantitative estimate of drug-likeness (QED) is 0.0963. The molecule has 0 aliphatic carbocycles. The highest BCUT2D eigenvalue weighted by molar-refractivity contribution is 7.84. The van der Waals surface area contributed by atoms with Gasteiger partial charge in [-0.3, -0.25) is 9.53 Å². The minimum atomic E-state index is -5.54. The van der Waals surface area contributed by atoms with Crippen molar-refractivity contribution in [2.45, 2.75) is 103 Å². The number of carbonyl (C=O) groups is 3. The van der Waals surface area contributed by atoms with E-state index in [-0.39, 0.29) is 24.0 Å². The SMILES string of the molecule is C[C@H](c1cccnc1N(C(=O)OC(C)(C)C)C(=O)OC(C)(C)C)N1CCOc2c(C(F)(F)F)c(-c3cc(F)c(F)c4sc(NC(=O)OC(C)(C)C)c(C#N)c34)c(F)c3nc(S(C)=O)nc1c23. The Bertz CT molecular complexity index is 2860. The first-order valence-electron chi connectivity index (χ1n) is 19.9. The summed E-state index contributed by atoms with van der Waals surface area (Å²) in [5, 5.41) is 10.2. The largest absolute Gasteiger partial charge is 0.490 e. The molecule has 2 aromatic carbocycles. The molecule has 5 aromatic rings. The van der Waals surface area contributed by atoms with Gasteiger partial charge in [0.25, 0.3) is 0 Å². The third-order valence-electron chi connectivity index (χ3n) is 9.34. The van der Waals surface area contributed by atoms with Crippen molar-refractivity contribution < 1.29 is 63.9 Å². The van der Waals surface area contributed by atoms with Crippen LogP contribution in [0.5, 0.6) is 5.75 Å². The summed E-state index contributed by atoms with van der Waals surface area (Å²) >= 11 is 0.298. The summed E-state index contributed by atoms with van der Waals surface area (Å²) in [4.78, 5) is 54.9. The maximum atomic E-state index is 17.6. The zero-order valence-electron chi connectivity index (χ0n) is 37.3. The lowest BCUT2D eigenvalue weighted by Gasteiger charge is -2.33. The average Bonchev–Trinajstić information content (AvgIpc) is 3.42. The maximum Gasteiger partial charge on any atom is 0.425 e. The summed E-state index contributed by atoms with van der Waals surface area (Å²) in [6.07, 6.45) is -6.66. The Morgan fingerprint density at radius 2 is 1.56 bits per heavy atom. The van der Waals surface area contributed by atoms with Gasteiger partial charge in [0.2, 0.25) is 5.16 Å². The van der Waals surface area contributed by atoms with Gasteiger partial charge in [0.1, 0.15) is 57.1 Å². The summed E-state index contributed by atoms with van der Waals surface area (Å²) in [6, 6.07) is 3.76. The number of anilines is 3. The minimum absolute atomic E-state index is 0.0817. The maximum absolute atomic E-state index is 17.6. The number of nitriles is 1. The van der Waals surface area contributed by atoms with Crippen molar-refractivity contribution in [3.05, 3.63) is 58.5 Å². The number of halogens is 6. The molecular weight excluding hydrogens is 921 g/mol. The van der Waals surface area contributed by atoms with Crippen LogP contribution in [0.2, 0.25) is 0 Å². The molecule has 0 radical (unpaired) electrons. The molecule has 1 aliphatic rings. The van der Waals surface area contributed by atoms with Crippen molar-refractivity contribution in [1.29, 1.82) is 5.26 Å². The molecule has 3 aromatic heterocycles.